The molecule has 6 rings (SSSR count). The number of aromatic carboxylic acids is 1. The van der Waals surface area contributed by atoms with Crippen molar-refractivity contribution in [1.29, 1.82) is 0 Å². The molecule has 13 nitrogen and oxygen atoms in total. The van der Waals surface area contributed by atoms with Gasteiger partial charge in [-0.2, -0.15) is 4.31 Å². The summed E-state index contributed by atoms with van der Waals surface area (Å²) in [5.41, 5.74) is 4.18. The van der Waals surface area contributed by atoms with Crippen LogP contribution in [0.2, 0.25) is 0 Å². The fraction of sp³-hybridized carbons (Fsp3) is 0.349. The van der Waals surface area contributed by atoms with Gasteiger partial charge in [-0.25, -0.2) is 8.42 Å². The van der Waals surface area contributed by atoms with Crippen molar-refractivity contribution in [3.05, 3.63) is 119 Å². The van der Waals surface area contributed by atoms with Crippen LogP contribution < -0.4 is 129 Å². The van der Waals surface area contributed by atoms with Gasteiger partial charge in [0.1, 0.15) is 0 Å². The van der Waals surface area contributed by atoms with E-state index in [0.29, 0.717) is 44.2 Å². The molecule has 2 amide bonds. The zero-order valence-electron chi connectivity index (χ0n) is 33.9. The molecule has 0 unspecified atom stereocenters. The minimum Gasteiger partial charge on any atom is -0.550 e. The van der Waals surface area contributed by atoms with Crippen LogP contribution in [0.25, 0.3) is 0 Å². The van der Waals surface area contributed by atoms with Gasteiger partial charge in [-0.3, -0.25) is 9.59 Å². The number of carbonyl (C=O) groups is 4. The number of rotatable bonds is 14. The third kappa shape index (κ3) is 13.3. The number of hydrogen-bond donors (Lipinski definition) is 2. The van der Waals surface area contributed by atoms with Crippen LogP contribution in [-0.2, 0) is 27.7 Å². The minimum absolute atomic E-state index is 0. The molecule has 0 radical (unpaired) electrons. The molecule has 1 aliphatic carbocycles. The van der Waals surface area contributed by atoms with Crippen LogP contribution in [0.3, 0.4) is 0 Å². The maximum Gasteiger partial charge on any atom is 1.00 e. The number of carbonyl (C=O) groups excluding carboxylic acids is 4. The predicted octanol–water partition coefficient (Wildman–Crippen LogP) is -2.17. The van der Waals surface area contributed by atoms with E-state index in [9.17, 15) is 37.8 Å². The van der Waals surface area contributed by atoms with Gasteiger partial charge in [0, 0.05) is 48.6 Å². The maximum absolute atomic E-state index is 13.9. The first-order valence-electron chi connectivity index (χ1n) is 19.2. The summed E-state index contributed by atoms with van der Waals surface area (Å²) in [5.74, 6) is -3.93. The second-order valence-electron chi connectivity index (χ2n) is 14.4. The zero-order chi connectivity index (χ0) is 39.8. The molecule has 1 saturated heterocycles. The summed E-state index contributed by atoms with van der Waals surface area (Å²) >= 11 is 0. The van der Waals surface area contributed by atoms with E-state index in [1.165, 1.54) is 40.7 Å². The van der Waals surface area contributed by atoms with E-state index in [1.807, 2.05) is 18.2 Å². The molecule has 0 atom stereocenters. The molecule has 4 N–H and O–H groups in total. The maximum atomic E-state index is 13.9. The van der Waals surface area contributed by atoms with Gasteiger partial charge in [-0.15, -0.1) is 0 Å². The average Bonchev–Trinajstić information content (AvgIpc) is 3.21. The van der Waals surface area contributed by atoms with Gasteiger partial charge in [0.2, 0.25) is 10.0 Å². The number of amides is 2. The van der Waals surface area contributed by atoms with Crippen molar-refractivity contribution in [3.8, 4) is 0 Å². The molecule has 2 fully saturated rings. The monoisotopic (exact) mass is 874 g/mol. The number of aliphatic carboxylic acids is 1. The van der Waals surface area contributed by atoms with Crippen molar-refractivity contribution >= 4 is 50.8 Å². The molecular weight excluding hydrogens is 827 g/mol. The molecule has 1 aliphatic heterocycles. The Morgan fingerprint density at radius 1 is 0.729 bits per heavy atom. The van der Waals surface area contributed by atoms with Crippen LogP contribution in [0.4, 0.5) is 17.1 Å². The summed E-state index contributed by atoms with van der Waals surface area (Å²) in [6, 6.07) is 24.8. The van der Waals surface area contributed by atoms with Crippen LogP contribution in [0.1, 0.15) is 94.1 Å². The van der Waals surface area contributed by atoms with Crippen molar-refractivity contribution in [3.63, 3.8) is 0 Å². The van der Waals surface area contributed by atoms with Gasteiger partial charge in [0.05, 0.1) is 22.1 Å². The zero-order valence-corrected chi connectivity index (χ0v) is 40.9. The number of benzene rings is 4. The Balaban J connectivity index is 0.00000310. The Morgan fingerprint density at radius 3 is 1.92 bits per heavy atom. The Morgan fingerprint density at radius 2 is 1.34 bits per heavy atom. The summed E-state index contributed by atoms with van der Waals surface area (Å²) < 4.78 is 29.1. The Hall–Kier alpha value is -2.30. The van der Waals surface area contributed by atoms with E-state index in [1.54, 1.807) is 43.3 Å². The number of aryl methyl sites for hydroxylation is 2. The van der Waals surface area contributed by atoms with E-state index in [2.05, 4.69) is 15.5 Å². The molecule has 302 valence electrons. The van der Waals surface area contributed by atoms with Crippen molar-refractivity contribution < 1.29 is 146 Å². The average molecular weight is 875 g/mol. The standard InChI is InChI=1S/C43H48N4O8S.2K.H2O/c1-2-47(35-21-17-32(18-22-35)43(52)53)56(54,55)37-8-6-7-33(27-37)40(48)45-39-24-23-36(46-25-4-3-5-26-46)28-38(39)41(49)44-34-19-13-30(14-20-34)10-9-29-11-15-31(16-12-29)42(50)51;;;/h6-8,11-16,19-20,23-24,27-28,32,35H,2-5,9-10,17-18,21-22,25-26H2,1H3,(H,44,49)(H,45,48)(H,50,51)(H,52,53);;;1H2/q;2*+1;/p-2/t32-,35-;;;. The fourth-order valence-electron chi connectivity index (χ4n) is 7.58. The van der Waals surface area contributed by atoms with Gasteiger partial charge in [-0.05, 0) is 129 Å². The van der Waals surface area contributed by atoms with Gasteiger partial charge in [-0.1, -0.05) is 49.4 Å². The molecule has 59 heavy (non-hydrogen) atoms. The summed E-state index contributed by atoms with van der Waals surface area (Å²) in [6.07, 6.45) is 6.09. The van der Waals surface area contributed by atoms with Crippen LogP contribution in [0.5, 0.6) is 0 Å². The molecule has 4 aromatic carbocycles. The van der Waals surface area contributed by atoms with Gasteiger partial charge in [0.15, 0.2) is 0 Å². The fourth-order valence-corrected chi connectivity index (χ4v) is 9.32. The third-order valence-electron chi connectivity index (χ3n) is 10.8. The van der Waals surface area contributed by atoms with Crippen LogP contribution in [0, 0.1) is 5.92 Å². The van der Waals surface area contributed by atoms with Crippen LogP contribution >= 0.6 is 0 Å². The second-order valence-corrected chi connectivity index (χ2v) is 16.3. The topological polar surface area (TPSA) is 211 Å². The van der Waals surface area contributed by atoms with Crippen molar-refractivity contribution in [2.75, 3.05) is 35.2 Å². The van der Waals surface area contributed by atoms with E-state index in [0.717, 1.165) is 49.2 Å². The molecular formula is C43H48K2N4O9S. The van der Waals surface area contributed by atoms with Crippen molar-refractivity contribution in [2.45, 2.75) is 75.6 Å². The van der Waals surface area contributed by atoms with Crippen molar-refractivity contribution in [2.24, 2.45) is 5.92 Å². The van der Waals surface area contributed by atoms with Crippen molar-refractivity contribution in [1.82, 2.24) is 4.31 Å². The summed E-state index contributed by atoms with van der Waals surface area (Å²) in [6.45, 7) is 3.62. The summed E-state index contributed by atoms with van der Waals surface area (Å²) in [4.78, 5) is 52.2. The molecule has 4 aromatic rings. The molecule has 16 heteroatoms. The second kappa shape index (κ2) is 23.8. The molecule has 1 saturated carbocycles. The third-order valence-corrected chi connectivity index (χ3v) is 12.8. The van der Waals surface area contributed by atoms with Gasteiger partial charge in [0.25, 0.3) is 11.8 Å². The predicted molar refractivity (Wildman–Crippen MR) is 213 cm³/mol. The smallest absolute Gasteiger partial charge is 0.550 e. The van der Waals surface area contributed by atoms with Gasteiger partial charge >= 0.3 is 103 Å². The first kappa shape index (κ1) is 51.1. The summed E-state index contributed by atoms with van der Waals surface area (Å²) in [5, 5.41) is 28.2. The number of anilines is 3. The number of piperidine rings is 1. The minimum atomic E-state index is -4.02. The Labute approximate surface area is 430 Å². The number of sulfonamides is 1. The van der Waals surface area contributed by atoms with Crippen LogP contribution in [-0.4, -0.2) is 67.6 Å². The van der Waals surface area contributed by atoms with E-state index in [4.69, 9.17) is 0 Å². The number of nitrogens with zero attached hydrogens (tertiary/aromatic N) is 2. The largest absolute Gasteiger partial charge is 1.00 e. The molecule has 0 bridgehead atoms. The van der Waals surface area contributed by atoms with Gasteiger partial charge < -0.3 is 40.8 Å². The van der Waals surface area contributed by atoms with E-state index < -0.39 is 39.7 Å². The van der Waals surface area contributed by atoms with Crippen LogP contribution in [0.15, 0.2) is 95.9 Å². The van der Waals surface area contributed by atoms with E-state index >= 15 is 0 Å². The Bertz CT molecular complexity index is 2170. The summed E-state index contributed by atoms with van der Waals surface area (Å²) in [7, 11) is -4.02. The first-order chi connectivity index (χ1) is 26.9. The molecule has 1 heterocycles. The number of nitrogens with one attached hydrogen (secondary N) is 2. The molecule has 0 aromatic heterocycles. The number of hydrogen-bond acceptors (Lipinski definition) is 9. The van der Waals surface area contributed by atoms with E-state index in [-0.39, 0.29) is 148 Å². The number of carboxylic acid groups (broad SMARTS) is 2. The SMILES string of the molecule is CCN([C@H]1CC[C@H](C(=O)[O-])CC1)S(=O)(=O)c1cccc(C(=O)Nc2ccc(N3CCCCC3)cc2C(=O)Nc2ccc(CCc3ccc(C(=O)[O-])cc3)cc2)c1.O.[K+].[K+]. The first-order valence-corrected chi connectivity index (χ1v) is 20.6. The number of carboxylic acids is 2. The molecule has 2 aliphatic rings. The quantitative estimate of drug-likeness (QED) is 0.132. The Kier molecular flexibility index (Phi) is 20.6. The normalized spacial score (nSPS) is 16.4. The molecule has 0 spiro atoms.